The molecule has 0 atom stereocenters. The molecule has 45 heavy (non-hydrogen) atoms. The Morgan fingerprint density at radius 3 is 1.62 bits per heavy atom. The van der Waals surface area contributed by atoms with E-state index in [1.807, 2.05) is 72.0 Å². The first-order valence-electron chi connectivity index (χ1n) is 14.9. The molecule has 0 spiro atoms. The van der Waals surface area contributed by atoms with Gasteiger partial charge in [0.2, 0.25) is 0 Å². The van der Waals surface area contributed by atoms with E-state index in [0.29, 0.717) is 17.5 Å². The van der Waals surface area contributed by atoms with Crippen LogP contribution in [-0.4, -0.2) is 19.9 Å². The molecule has 210 valence electrons. The Labute approximate surface area is 263 Å². The van der Waals surface area contributed by atoms with Crippen LogP contribution in [0.2, 0.25) is 0 Å². The Hall–Kier alpha value is -5.78. The molecule has 0 unspecified atom stereocenters. The van der Waals surface area contributed by atoms with Crippen LogP contribution in [0.3, 0.4) is 0 Å². The highest BCUT2D eigenvalue weighted by Gasteiger charge is 2.17. The monoisotopic (exact) mass is 592 g/mol. The molecule has 0 radical (unpaired) electrons. The zero-order valence-corrected chi connectivity index (χ0v) is 24.9. The second kappa shape index (κ2) is 10.4. The van der Waals surface area contributed by atoms with Crippen LogP contribution in [0, 0.1) is 0 Å². The van der Waals surface area contributed by atoms with Gasteiger partial charge >= 0.3 is 0 Å². The molecule has 0 saturated carbocycles. The van der Waals surface area contributed by atoms with Crippen LogP contribution in [0.5, 0.6) is 0 Å². The molecular formula is C40H24N4S. The minimum absolute atomic E-state index is 0.626. The van der Waals surface area contributed by atoms with E-state index in [-0.39, 0.29) is 0 Å². The standard InChI is InChI=1S/C40H24N4S/c1-3-12-25(13-4-1)38-42-39(26-14-5-2-6-15-26)44-40(43-38)28-17-11-16-27(24-28)36-30-19-8-7-18-29(30)31-22-23-34-35(37(31)41-36)32-20-9-10-21-33(32)45-34/h1-24H. The van der Waals surface area contributed by atoms with Crippen LogP contribution < -0.4 is 0 Å². The molecule has 0 fully saturated rings. The number of benzene rings is 6. The van der Waals surface area contributed by atoms with E-state index in [4.69, 9.17) is 19.9 Å². The number of thiophene rings is 1. The average Bonchev–Trinajstić information content (AvgIpc) is 3.51. The normalized spacial score (nSPS) is 11.6. The van der Waals surface area contributed by atoms with Crippen molar-refractivity contribution in [2.45, 2.75) is 0 Å². The Balaban J connectivity index is 1.28. The highest BCUT2D eigenvalue weighted by Crippen LogP contribution is 2.41. The molecule has 6 aromatic carbocycles. The number of aromatic nitrogens is 4. The first-order valence-corrected chi connectivity index (χ1v) is 15.7. The first-order chi connectivity index (χ1) is 22.3. The molecule has 0 aliphatic rings. The van der Waals surface area contributed by atoms with Gasteiger partial charge in [-0.15, -0.1) is 11.3 Å². The summed E-state index contributed by atoms with van der Waals surface area (Å²) in [7, 11) is 0. The van der Waals surface area contributed by atoms with E-state index < -0.39 is 0 Å². The van der Waals surface area contributed by atoms with E-state index in [9.17, 15) is 0 Å². The van der Waals surface area contributed by atoms with Gasteiger partial charge in [0.1, 0.15) is 0 Å². The average molecular weight is 593 g/mol. The molecule has 9 rings (SSSR count). The molecule has 0 amide bonds. The van der Waals surface area contributed by atoms with E-state index in [1.54, 1.807) is 0 Å². The molecular weight excluding hydrogens is 569 g/mol. The second-order valence-corrected chi connectivity index (χ2v) is 12.1. The van der Waals surface area contributed by atoms with Gasteiger partial charge in [-0.2, -0.15) is 0 Å². The van der Waals surface area contributed by atoms with Crippen LogP contribution >= 0.6 is 11.3 Å². The van der Waals surface area contributed by atoms with E-state index in [2.05, 4.69) is 84.9 Å². The second-order valence-electron chi connectivity index (χ2n) is 11.1. The third-order valence-electron chi connectivity index (χ3n) is 8.31. The highest BCUT2D eigenvalue weighted by molar-refractivity contribution is 7.26. The molecule has 5 heteroatoms. The summed E-state index contributed by atoms with van der Waals surface area (Å²) in [5.41, 5.74) is 5.80. The predicted molar refractivity (Wildman–Crippen MR) is 187 cm³/mol. The lowest BCUT2D eigenvalue weighted by Crippen LogP contribution is -2.00. The van der Waals surface area contributed by atoms with Gasteiger partial charge in [0, 0.05) is 53.2 Å². The predicted octanol–water partition coefficient (Wildman–Crippen LogP) is 10.6. The SMILES string of the molecule is c1ccc(-c2nc(-c3ccccc3)nc(-c3cccc(-c4nc5c(ccc6sc7ccccc7c65)c5ccccc45)c3)n2)cc1. The number of hydrogen-bond acceptors (Lipinski definition) is 5. The zero-order valence-electron chi connectivity index (χ0n) is 24.1. The van der Waals surface area contributed by atoms with Gasteiger partial charge in [0.15, 0.2) is 17.5 Å². The molecule has 0 saturated heterocycles. The Bertz CT molecular complexity index is 2480. The lowest BCUT2D eigenvalue weighted by molar-refractivity contribution is 1.07. The van der Waals surface area contributed by atoms with Gasteiger partial charge in [-0.3, -0.25) is 0 Å². The third kappa shape index (κ3) is 4.36. The molecule has 0 bridgehead atoms. The van der Waals surface area contributed by atoms with E-state index in [0.717, 1.165) is 38.9 Å². The van der Waals surface area contributed by atoms with Crippen LogP contribution in [-0.2, 0) is 0 Å². The van der Waals surface area contributed by atoms with Crippen molar-refractivity contribution in [3.8, 4) is 45.4 Å². The number of rotatable bonds is 4. The fraction of sp³-hybridized carbons (Fsp3) is 0. The Morgan fingerprint density at radius 1 is 0.356 bits per heavy atom. The fourth-order valence-corrected chi connectivity index (χ4v) is 7.30. The quantitative estimate of drug-likeness (QED) is 0.191. The fourth-order valence-electron chi connectivity index (χ4n) is 6.19. The maximum atomic E-state index is 5.44. The summed E-state index contributed by atoms with van der Waals surface area (Å²) < 4.78 is 2.52. The minimum Gasteiger partial charge on any atom is -0.246 e. The molecule has 0 aliphatic carbocycles. The van der Waals surface area contributed by atoms with Gasteiger partial charge in [-0.1, -0.05) is 127 Å². The summed E-state index contributed by atoms with van der Waals surface area (Å²) in [5, 5.41) is 5.94. The summed E-state index contributed by atoms with van der Waals surface area (Å²) in [4.78, 5) is 20.3. The maximum Gasteiger partial charge on any atom is 0.164 e. The summed E-state index contributed by atoms with van der Waals surface area (Å²) in [5.74, 6) is 1.91. The van der Waals surface area contributed by atoms with Crippen LogP contribution in [0.25, 0.3) is 87.3 Å². The minimum atomic E-state index is 0.626. The Kier molecular flexibility index (Phi) is 5.96. The van der Waals surface area contributed by atoms with Crippen molar-refractivity contribution in [1.29, 1.82) is 0 Å². The van der Waals surface area contributed by atoms with Crippen molar-refractivity contribution in [3.63, 3.8) is 0 Å². The summed E-state index contributed by atoms with van der Waals surface area (Å²) in [6, 6.07) is 50.2. The lowest BCUT2D eigenvalue weighted by Gasteiger charge is -2.12. The number of pyridine rings is 1. The van der Waals surface area contributed by atoms with Gasteiger partial charge in [-0.25, -0.2) is 19.9 Å². The smallest absolute Gasteiger partial charge is 0.164 e. The summed E-state index contributed by atoms with van der Waals surface area (Å²) >= 11 is 1.82. The molecule has 0 N–H and O–H groups in total. The van der Waals surface area contributed by atoms with Crippen LogP contribution in [0.4, 0.5) is 0 Å². The van der Waals surface area contributed by atoms with Crippen LogP contribution in [0.1, 0.15) is 0 Å². The zero-order chi connectivity index (χ0) is 29.7. The number of hydrogen-bond donors (Lipinski definition) is 0. The number of fused-ring (bicyclic) bond motifs is 7. The Morgan fingerprint density at radius 2 is 0.911 bits per heavy atom. The lowest BCUT2D eigenvalue weighted by atomic mass is 9.97. The van der Waals surface area contributed by atoms with E-state index >= 15 is 0 Å². The van der Waals surface area contributed by atoms with Crippen molar-refractivity contribution < 1.29 is 0 Å². The molecule has 9 aromatic rings. The van der Waals surface area contributed by atoms with Gasteiger partial charge in [0.05, 0.1) is 11.2 Å². The third-order valence-corrected chi connectivity index (χ3v) is 9.44. The topological polar surface area (TPSA) is 51.6 Å². The molecule has 3 aromatic heterocycles. The number of nitrogens with zero attached hydrogens (tertiary/aromatic N) is 4. The van der Waals surface area contributed by atoms with Gasteiger partial charge < -0.3 is 0 Å². The van der Waals surface area contributed by atoms with Gasteiger partial charge in [-0.05, 0) is 23.6 Å². The maximum absolute atomic E-state index is 5.44. The molecule has 0 aliphatic heterocycles. The van der Waals surface area contributed by atoms with Crippen molar-refractivity contribution in [1.82, 2.24) is 19.9 Å². The van der Waals surface area contributed by atoms with Crippen molar-refractivity contribution in [2.24, 2.45) is 0 Å². The first kappa shape index (κ1) is 25.7. The largest absolute Gasteiger partial charge is 0.246 e. The van der Waals surface area contributed by atoms with Crippen molar-refractivity contribution in [3.05, 3.63) is 146 Å². The summed E-state index contributed by atoms with van der Waals surface area (Å²) in [6.07, 6.45) is 0. The van der Waals surface area contributed by atoms with Crippen molar-refractivity contribution >= 4 is 53.2 Å². The summed E-state index contributed by atoms with van der Waals surface area (Å²) in [6.45, 7) is 0. The van der Waals surface area contributed by atoms with Crippen molar-refractivity contribution in [2.75, 3.05) is 0 Å². The molecule has 4 nitrogen and oxygen atoms in total. The molecule has 3 heterocycles. The highest BCUT2D eigenvalue weighted by atomic mass is 32.1. The van der Waals surface area contributed by atoms with Gasteiger partial charge in [0.25, 0.3) is 0 Å². The van der Waals surface area contributed by atoms with E-state index in [1.165, 1.54) is 30.9 Å². The van der Waals surface area contributed by atoms with Crippen LogP contribution in [0.15, 0.2) is 146 Å².